The summed E-state index contributed by atoms with van der Waals surface area (Å²) in [6.07, 6.45) is 4.50. The van der Waals surface area contributed by atoms with Crippen molar-refractivity contribution in [1.82, 2.24) is 5.32 Å². The van der Waals surface area contributed by atoms with Crippen molar-refractivity contribution < 1.29 is 4.79 Å². The second kappa shape index (κ2) is 4.73. The summed E-state index contributed by atoms with van der Waals surface area (Å²) in [5, 5.41) is 3.20. The number of primary amides is 1. The molecule has 1 saturated heterocycles. The highest BCUT2D eigenvalue weighted by Crippen LogP contribution is 2.41. The second-order valence-corrected chi connectivity index (χ2v) is 5.64. The maximum Gasteiger partial charge on any atom is 0.234 e. The van der Waals surface area contributed by atoms with Crippen molar-refractivity contribution in [2.24, 2.45) is 11.7 Å². The zero-order valence-electron chi connectivity index (χ0n) is 10.6. The SMILES string of the molecule is NC(=O)C1CC(CC2Cc3ccccc32)CCN1. The number of nitrogens with two attached hydrogens (primary N) is 1. The van der Waals surface area contributed by atoms with Crippen molar-refractivity contribution in [2.75, 3.05) is 6.54 Å². The third-order valence-electron chi connectivity index (χ3n) is 4.43. The van der Waals surface area contributed by atoms with Crippen molar-refractivity contribution >= 4 is 5.91 Å². The third kappa shape index (κ3) is 2.15. The average molecular weight is 244 g/mol. The molecule has 96 valence electrons. The molecule has 3 atom stereocenters. The quantitative estimate of drug-likeness (QED) is 0.848. The first-order valence-electron chi connectivity index (χ1n) is 6.84. The van der Waals surface area contributed by atoms with E-state index in [1.54, 1.807) is 0 Å². The Balaban J connectivity index is 1.60. The summed E-state index contributed by atoms with van der Waals surface area (Å²) in [4.78, 5) is 11.2. The lowest BCUT2D eigenvalue weighted by Gasteiger charge is -2.36. The topological polar surface area (TPSA) is 55.1 Å². The number of hydrogen-bond acceptors (Lipinski definition) is 2. The predicted molar refractivity (Wildman–Crippen MR) is 71.2 cm³/mol. The fourth-order valence-corrected chi connectivity index (χ4v) is 3.40. The first-order valence-corrected chi connectivity index (χ1v) is 6.84. The molecule has 2 aliphatic rings. The van der Waals surface area contributed by atoms with Gasteiger partial charge in [-0.15, -0.1) is 0 Å². The summed E-state index contributed by atoms with van der Waals surface area (Å²) < 4.78 is 0. The molecule has 0 saturated carbocycles. The molecule has 0 bridgehead atoms. The van der Waals surface area contributed by atoms with Crippen molar-refractivity contribution in [2.45, 2.75) is 37.6 Å². The Morgan fingerprint density at radius 1 is 1.39 bits per heavy atom. The molecule has 3 heteroatoms. The zero-order chi connectivity index (χ0) is 12.5. The number of carbonyl (C=O) groups excluding carboxylic acids is 1. The van der Waals surface area contributed by atoms with E-state index in [1.807, 2.05) is 0 Å². The van der Waals surface area contributed by atoms with Crippen molar-refractivity contribution in [3.8, 4) is 0 Å². The standard InChI is InChI=1S/C15H20N2O/c16-15(18)14-8-10(5-6-17-14)7-12-9-11-3-1-2-4-13(11)12/h1-4,10,12,14,17H,5-9H2,(H2,16,18). The lowest BCUT2D eigenvalue weighted by Crippen LogP contribution is -2.47. The number of rotatable bonds is 3. The second-order valence-electron chi connectivity index (χ2n) is 5.64. The fraction of sp³-hybridized carbons (Fsp3) is 0.533. The van der Waals surface area contributed by atoms with E-state index in [2.05, 4.69) is 29.6 Å². The number of nitrogens with one attached hydrogen (secondary N) is 1. The van der Waals surface area contributed by atoms with Gasteiger partial charge in [0.1, 0.15) is 0 Å². The van der Waals surface area contributed by atoms with Crippen LogP contribution in [0.25, 0.3) is 0 Å². The third-order valence-corrected chi connectivity index (χ3v) is 4.43. The smallest absolute Gasteiger partial charge is 0.234 e. The van der Waals surface area contributed by atoms with Crippen LogP contribution >= 0.6 is 0 Å². The molecule has 3 N–H and O–H groups in total. The van der Waals surface area contributed by atoms with Crippen LogP contribution in [0.5, 0.6) is 0 Å². The van der Waals surface area contributed by atoms with Gasteiger partial charge in [0.05, 0.1) is 6.04 Å². The molecule has 18 heavy (non-hydrogen) atoms. The van der Waals surface area contributed by atoms with Gasteiger partial charge in [0.2, 0.25) is 5.91 Å². The minimum atomic E-state index is -0.200. The first kappa shape index (κ1) is 11.7. The molecule has 0 aromatic heterocycles. The van der Waals surface area contributed by atoms with Crippen molar-refractivity contribution in [1.29, 1.82) is 0 Å². The van der Waals surface area contributed by atoms with E-state index < -0.39 is 0 Å². The molecular weight excluding hydrogens is 224 g/mol. The summed E-state index contributed by atoms with van der Waals surface area (Å²) in [6, 6.07) is 8.60. The highest BCUT2D eigenvalue weighted by molar-refractivity contribution is 5.79. The summed E-state index contributed by atoms with van der Waals surface area (Å²) in [5.74, 6) is 1.15. The molecule has 1 amide bonds. The Morgan fingerprint density at radius 2 is 2.22 bits per heavy atom. The van der Waals surface area contributed by atoms with Crippen LogP contribution < -0.4 is 11.1 Å². The summed E-state index contributed by atoms with van der Waals surface area (Å²) >= 11 is 0. The van der Waals surface area contributed by atoms with Gasteiger partial charge in [0.15, 0.2) is 0 Å². The Labute approximate surface area is 108 Å². The van der Waals surface area contributed by atoms with Crippen LogP contribution in [0.1, 0.15) is 36.3 Å². The van der Waals surface area contributed by atoms with Crippen LogP contribution in [-0.4, -0.2) is 18.5 Å². The van der Waals surface area contributed by atoms with Gasteiger partial charge in [0, 0.05) is 0 Å². The van der Waals surface area contributed by atoms with Gasteiger partial charge in [-0.2, -0.15) is 0 Å². The molecule has 3 nitrogen and oxygen atoms in total. The number of fused-ring (bicyclic) bond motifs is 1. The largest absolute Gasteiger partial charge is 0.368 e. The minimum Gasteiger partial charge on any atom is -0.368 e. The predicted octanol–water partition coefficient (Wildman–Crippen LogP) is 1.57. The summed E-state index contributed by atoms with van der Waals surface area (Å²) in [6.45, 7) is 0.923. The van der Waals surface area contributed by atoms with Crippen LogP contribution in [-0.2, 0) is 11.2 Å². The zero-order valence-corrected chi connectivity index (χ0v) is 10.6. The molecule has 3 unspecified atom stereocenters. The summed E-state index contributed by atoms with van der Waals surface area (Å²) in [7, 11) is 0. The number of piperidine rings is 1. The Bertz CT molecular complexity index is 458. The van der Waals surface area contributed by atoms with Crippen LogP contribution in [0.2, 0.25) is 0 Å². The lowest BCUT2D eigenvalue weighted by atomic mass is 9.71. The van der Waals surface area contributed by atoms with E-state index in [0.29, 0.717) is 11.8 Å². The maximum absolute atomic E-state index is 11.2. The number of benzene rings is 1. The molecule has 1 aliphatic carbocycles. The highest BCUT2D eigenvalue weighted by Gasteiger charge is 2.31. The van der Waals surface area contributed by atoms with Gasteiger partial charge in [0.25, 0.3) is 0 Å². The number of hydrogen-bond donors (Lipinski definition) is 2. The van der Waals surface area contributed by atoms with Crippen LogP contribution in [0.3, 0.4) is 0 Å². The normalized spacial score (nSPS) is 30.3. The minimum absolute atomic E-state index is 0.112. The highest BCUT2D eigenvalue weighted by atomic mass is 16.1. The molecule has 0 spiro atoms. The molecule has 1 fully saturated rings. The van der Waals surface area contributed by atoms with E-state index in [4.69, 9.17) is 5.73 Å². The molecule has 1 heterocycles. The Morgan fingerprint density at radius 3 is 3.00 bits per heavy atom. The monoisotopic (exact) mass is 244 g/mol. The van der Waals surface area contributed by atoms with Gasteiger partial charge in [-0.25, -0.2) is 0 Å². The van der Waals surface area contributed by atoms with E-state index in [1.165, 1.54) is 30.4 Å². The van der Waals surface area contributed by atoms with Gasteiger partial charge >= 0.3 is 0 Å². The number of amides is 1. The van der Waals surface area contributed by atoms with E-state index in [0.717, 1.165) is 13.0 Å². The molecular formula is C15H20N2O. The van der Waals surface area contributed by atoms with E-state index >= 15 is 0 Å². The molecule has 1 aromatic carbocycles. The van der Waals surface area contributed by atoms with Crippen LogP contribution in [0, 0.1) is 5.92 Å². The Kier molecular flexibility index (Phi) is 3.08. The molecule has 3 rings (SSSR count). The van der Waals surface area contributed by atoms with Gasteiger partial charge in [-0.1, -0.05) is 24.3 Å². The van der Waals surface area contributed by atoms with Gasteiger partial charge in [-0.3, -0.25) is 4.79 Å². The Hall–Kier alpha value is -1.35. The molecule has 0 radical (unpaired) electrons. The van der Waals surface area contributed by atoms with Gasteiger partial charge < -0.3 is 11.1 Å². The van der Waals surface area contributed by atoms with Crippen molar-refractivity contribution in [3.63, 3.8) is 0 Å². The molecule has 1 aromatic rings. The number of carbonyl (C=O) groups is 1. The van der Waals surface area contributed by atoms with Crippen LogP contribution in [0.4, 0.5) is 0 Å². The summed E-state index contributed by atoms with van der Waals surface area (Å²) in [5.41, 5.74) is 8.40. The maximum atomic E-state index is 11.2. The van der Waals surface area contributed by atoms with E-state index in [-0.39, 0.29) is 11.9 Å². The van der Waals surface area contributed by atoms with Crippen LogP contribution in [0.15, 0.2) is 24.3 Å². The lowest BCUT2D eigenvalue weighted by molar-refractivity contribution is -0.120. The molecule has 1 aliphatic heterocycles. The van der Waals surface area contributed by atoms with Crippen molar-refractivity contribution in [3.05, 3.63) is 35.4 Å². The van der Waals surface area contributed by atoms with Gasteiger partial charge in [-0.05, 0) is 55.2 Å². The fourth-order valence-electron chi connectivity index (χ4n) is 3.40. The van der Waals surface area contributed by atoms with E-state index in [9.17, 15) is 4.79 Å². The average Bonchev–Trinajstić information content (AvgIpc) is 2.36. The first-order chi connectivity index (χ1) is 8.74.